The maximum absolute atomic E-state index is 11.1. The summed E-state index contributed by atoms with van der Waals surface area (Å²) < 4.78 is 3.18. The summed E-state index contributed by atoms with van der Waals surface area (Å²) in [5.74, 6) is 4.81. The molecule has 0 atom stereocenters. The summed E-state index contributed by atoms with van der Waals surface area (Å²) in [7, 11) is 0. The average molecular weight is 246 g/mol. The zero-order chi connectivity index (χ0) is 13.0. The van der Waals surface area contributed by atoms with E-state index in [2.05, 4.69) is 15.3 Å². The van der Waals surface area contributed by atoms with E-state index < -0.39 is 5.91 Å². The number of carbonyl (C=O) groups excluding carboxylic acids is 1. The maximum atomic E-state index is 11.1. The molecule has 1 amide bonds. The van der Waals surface area contributed by atoms with E-state index in [1.54, 1.807) is 17.0 Å². The van der Waals surface area contributed by atoms with Crippen LogP contribution in [0.15, 0.2) is 18.6 Å². The number of hydrogen-bond donors (Lipinski definition) is 2. The van der Waals surface area contributed by atoms with E-state index in [-0.39, 0.29) is 5.69 Å². The first-order valence-corrected chi connectivity index (χ1v) is 5.07. The fourth-order valence-corrected chi connectivity index (χ4v) is 1.40. The Morgan fingerprint density at radius 2 is 2.39 bits per heavy atom. The number of hydrogen-bond acceptors (Lipinski definition) is 6. The second-order valence-electron chi connectivity index (χ2n) is 3.40. The maximum Gasteiger partial charge on any atom is 0.287 e. The molecule has 18 heavy (non-hydrogen) atoms. The first-order chi connectivity index (χ1) is 8.74. The molecule has 2 heterocycles. The minimum absolute atomic E-state index is 0.142. The summed E-state index contributed by atoms with van der Waals surface area (Å²) >= 11 is 0. The molecule has 2 aromatic rings. The summed E-state index contributed by atoms with van der Waals surface area (Å²) in [5, 5.41) is 16.2. The fraction of sp³-hybridized carbons (Fsp3) is 0.222. The molecular weight excluding hydrogens is 236 g/mol. The van der Waals surface area contributed by atoms with Crippen molar-refractivity contribution in [1.29, 1.82) is 5.26 Å². The topological polar surface area (TPSA) is 127 Å². The molecule has 2 aromatic heterocycles. The predicted molar refractivity (Wildman–Crippen MR) is 58.6 cm³/mol. The fourth-order valence-electron chi connectivity index (χ4n) is 1.40. The molecule has 0 fully saturated rings. The Balaban J connectivity index is 2.01. The molecule has 0 saturated heterocycles. The largest absolute Gasteiger partial charge is 0.321 e. The number of imidazole rings is 1. The van der Waals surface area contributed by atoms with Gasteiger partial charge in [-0.05, 0) is 0 Å². The van der Waals surface area contributed by atoms with Crippen molar-refractivity contribution in [2.45, 2.75) is 13.1 Å². The van der Waals surface area contributed by atoms with E-state index in [0.29, 0.717) is 18.9 Å². The third-order valence-corrected chi connectivity index (χ3v) is 2.29. The van der Waals surface area contributed by atoms with Gasteiger partial charge in [0.25, 0.3) is 5.91 Å². The zero-order valence-corrected chi connectivity index (χ0v) is 9.32. The van der Waals surface area contributed by atoms with Crippen molar-refractivity contribution in [3.63, 3.8) is 0 Å². The number of aryl methyl sites for hydroxylation is 2. The predicted octanol–water partition coefficient (Wildman–Crippen LogP) is -1.35. The van der Waals surface area contributed by atoms with Crippen LogP contribution in [0.2, 0.25) is 0 Å². The van der Waals surface area contributed by atoms with Crippen LogP contribution in [0.3, 0.4) is 0 Å². The van der Waals surface area contributed by atoms with E-state index in [9.17, 15) is 4.79 Å². The lowest BCUT2D eigenvalue weighted by Crippen LogP contribution is -2.30. The van der Waals surface area contributed by atoms with Crippen LogP contribution < -0.4 is 11.3 Å². The number of aromatic nitrogens is 5. The van der Waals surface area contributed by atoms with Crippen LogP contribution in [0, 0.1) is 11.3 Å². The van der Waals surface area contributed by atoms with Gasteiger partial charge in [-0.2, -0.15) is 5.26 Å². The van der Waals surface area contributed by atoms with Crippen molar-refractivity contribution in [2.24, 2.45) is 5.84 Å². The van der Waals surface area contributed by atoms with Gasteiger partial charge in [-0.15, -0.1) is 5.10 Å². The lowest BCUT2D eigenvalue weighted by atomic mass is 10.4. The number of nitrogens with two attached hydrogens (primary N) is 1. The molecule has 92 valence electrons. The summed E-state index contributed by atoms with van der Waals surface area (Å²) in [6, 6.07) is 1.97. The van der Waals surface area contributed by atoms with E-state index in [0.717, 1.165) is 0 Å². The highest BCUT2D eigenvalue weighted by Crippen LogP contribution is 1.98. The van der Waals surface area contributed by atoms with Crippen molar-refractivity contribution in [2.75, 3.05) is 0 Å². The molecule has 9 heteroatoms. The summed E-state index contributed by atoms with van der Waals surface area (Å²) in [5.41, 5.74) is 2.11. The van der Waals surface area contributed by atoms with Crippen LogP contribution in [0.25, 0.3) is 0 Å². The Morgan fingerprint density at radius 3 is 3.11 bits per heavy atom. The van der Waals surface area contributed by atoms with Crippen LogP contribution in [0.1, 0.15) is 16.3 Å². The summed E-state index contributed by atoms with van der Waals surface area (Å²) in [6.45, 7) is 0.978. The Kier molecular flexibility index (Phi) is 3.31. The van der Waals surface area contributed by atoms with Crippen molar-refractivity contribution in [1.82, 2.24) is 30.0 Å². The van der Waals surface area contributed by atoms with Gasteiger partial charge in [0, 0.05) is 18.9 Å². The van der Waals surface area contributed by atoms with Crippen molar-refractivity contribution in [3.05, 3.63) is 30.1 Å². The SMILES string of the molecule is N#Cc1nccn1CCn1cc(C(=O)NN)nn1. The standard InChI is InChI=1S/C9H10N8O/c10-5-8-12-1-2-16(8)3-4-17-6-7(14-15-17)9(18)13-11/h1-2,6H,3-4,11H2,(H,13,18). The highest BCUT2D eigenvalue weighted by molar-refractivity contribution is 5.91. The Hall–Kier alpha value is -2.73. The quantitative estimate of drug-likeness (QED) is 0.390. The molecule has 0 aliphatic carbocycles. The number of hydrazine groups is 1. The summed E-state index contributed by atoms with van der Waals surface area (Å²) in [6.07, 6.45) is 4.72. The molecule has 0 aliphatic rings. The molecule has 3 N–H and O–H groups in total. The normalized spacial score (nSPS) is 10.0. The smallest absolute Gasteiger partial charge is 0.287 e. The second-order valence-corrected chi connectivity index (χ2v) is 3.40. The molecule has 9 nitrogen and oxygen atoms in total. The highest BCUT2D eigenvalue weighted by Gasteiger charge is 2.09. The van der Waals surface area contributed by atoms with E-state index in [1.165, 1.54) is 10.9 Å². The van der Waals surface area contributed by atoms with Gasteiger partial charge in [0.15, 0.2) is 5.69 Å². The van der Waals surface area contributed by atoms with Gasteiger partial charge in [-0.1, -0.05) is 5.21 Å². The van der Waals surface area contributed by atoms with Gasteiger partial charge < -0.3 is 4.57 Å². The van der Waals surface area contributed by atoms with Gasteiger partial charge in [0.05, 0.1) is 12.7 Å². The lowest BCUT2D eigenvalue weighted by molar-refractivity contribution is 0.0948. The Bertz CT molecular complexity index is 592. The number of nitriles is 1. The number of amides is 1. The van der Waals surface area contributed by atoms with Crippen molar-refractivity contribution >= 4 is 5.91 Å². The molecule has 0 spiro atoms. The van der Waals surface area contributed by atoms with E-state index in [4.69, 9.17) is 11.1 Å². The molecule has 0 aliphatic heterocycles. The third kappa shape index (κ3) is 2.33. The number of nitrogen functional groups attached to an aromatic ring is 1. The van der Waals surface area contributed by atoms with E-state index >= 15 is 0 Å². The molecule has 0 aromatic carbocycles. The minimum atomic E-state index is -0.499. The van der Waals surface area contributed by atoms with Crippen molar-refractivity contribution < 1.29 is 4.79 Å². The molecule has 0 bridgehead atoms. The first kappa shape index (κ1) is 11.7. The van der Waals surface area contributed by atoms with Crippen LogP contribution in [-0.2, 0) is 13.1 Å². The van der Waals surface area contributed by atoms with Crippen LogP contribution in [-0.4, -0.2) is 30.5 Å². The molecule has 0 radical (unpaired) electrons. The lowest BCUT2D eigenvalue weighted by Gasteiger charge is -2.02. The van der Waals surface area contributed by atoms with Crippen LogP contribution >= 0.6 is 0 Å². The van der Waals surface area contributed by atoms with Gasteiger partial charge in [-0.3, -0.25) is 10.2 Å². The first-order valence-electron chi connectivity index (χ1n) is 5.07. The van der Waals surface area contributed by atoms with Gasteiger partial charge in [0.2, 0.25) is 5.82 Å². The number of nitrogens with zero attached hydrogens (tertiary/aromatic N) is 6. The van der Waals surface area contributed by atoms with Gasteiger partial charge in [0.1, 0.15) is 6.07 Å². The molecule has 0 saturated carbocycles. The number of rotatable bonds is 4. The van der Waals surface area contributed by atoms with Gasteiger partial charge in [-0.25, -0.2) is 15.5 Å². The molecule has 0 unspecified atom stereocenters. The zero-order valence-electron chi connectivity index (χ0n) is 9.32. The average Bonchev–Trinajstić information content (AvgIpc) is 3.03. The van der Waals surface area contributed by atoms with Gasteiger partial charge >= 0.3 is 0 Å². The number of nitrogens with one attached hydrogen (secondary N) is 1. The van der Waals surface area contributed by atoms with Crippen LogP contribution in [0.4, 0.5) is 0 Å². The minimum Gasteiger partial charge on any atom is -0.321 e. The van der Waals surface area contributed by atoms with Crippen molar-refractivity contribution in [3.8, 4) is 6.07 Å². The highest BCUT2D eigenvalue weighted by atomic mass is 16.2. The molecular formula is C9H10N8O. The third-order valence-electron chi connectivity index (χ3n) is 2.29. The van der Waals surface area contributed by atoms with Crippen LogP contribution in [0.5, 0.6) is 0 Å². The monoisotopic (exact) mass is 246 g/mol. The summed E-state index contributed by atoms with van der Waals surface area (Å²) in [4.78, 5) is 15.0. The Labute approximate surface area is 102 Å². The number of carbonyl (C=O) groups is 1. The Morgan fingerprint density at radius 1 is 1.56 bits per heavy atom. The van der Waals surface area contributed by atoms with E-state index in [1.807, 2.05) is 11.5 Å². The second kappa shape index (κ2) is 5.07. The molecule has 2 rings (SSSR count).